The van der Waals surface area contributed by atoms with E-state index in [4.69, 9.17) is 9.47 Å². The van der Waals surface area contributed by atoms with E-state index < -0.39 is 5.54 Å². The molecule has 0 aromatic heterocycles. The van der Waals surface area contributed by atoms with Crippen LogP contribution in [-0.4, -0.2) is 26.0 Å². The van der Waals surface area contributed by atoms with Crippen LogP contribution in [0.1, 0.15) is 37.3 Å². The normalized spacial score (nSPS) is 17.5. The van der Waals surface area contributed by atoms with Crippen LogP contribution in [0, 0.1) is 0 Å². The van der Waals surface area contributed by atoms with Gasteiger partial charge in [-0.15, -0.1) is 0 Å². The van der Waals surface area contributed by atoms with Gasteiger partial charge in [-0.25, -0.2) is 0 Å². The van der Waals surface area contributed by atoms with Crippen molar-refractivity contribution >= 4 is 23.2 Å². The lowest BCUT2D eigenvalue weighted by molar-refractivity contribution is -0.137. The van der Waals surface area contributed by atoms with Crippen molar-refractivity contribution in [3.05, 3.63) is 83.9 Å². The van der Waals surface area contributed by atoms with Crippen molar-refractivity contribution in [1.82, 2.24) is 0 Å². The highest BCUT2D eigenvalue weighted by Crippen LogP contribution is 2.46. The molecule has 1 aliphatic rings. The highest BCUT2D eigenvalue weighted by Gasteiger charge is 2.58. The second-order valence-corrected chi connectivity index (χ2v) is 8.43. The van der Waals surface area contributed by atoms with E-state index >= 15 is 0 Å². The molecule has 33 heavy (non-hydrogen) atoms. The van der Waals surface area contributed by atoms with Crippen LogP contribution < -0.4 is 19.7 Å². The summed E-state index contributed by atoms with van der Waals surface area (Å²) >= 11 is 0. The van der Waals surface area contributed by atoms with E-state index in [9.17, 15) is 9.59 Å². The number of carbonyl (C=O) groups is 2. The number of ether oxygens (including phenoxy) is 2. The molecule has 1 heterocycles. The number of nitrogens with one attached hydrogen (secondary N) is 1. The first-order valence-electron chi connectivity index (χ1n) is 10.9. The van der Waals surface area contributed by atoms with Crippen LogP contribution in [0.3, 0.4) is 0 Å². The predicted octanol–water partition coefficient (Wildman–Crippen LogP) is 5.10. The number of hydrogen-bond donors (Lipinski definition) is 1. The smallest absolute Gasteiger partial charge is 0.255 e. The fraction of sp³-hybridized carbons (Fsp3) is 0.259. The molecule has 4 rings (SSSR count). The number of nitrogens with zero attached hydrogens (tertiary/aromatic N) is 1. The molecular weight excluding hydrogens is 416 g/mol. The Balaban J connectivity index is 1.79. The molecule has 0 bridgehead atoms. The van der Waals surface area contributed by atoms with Crippen LogP contribution in [0.15, 0.2) is 72.8 Å². The van der Waals surface area contributed by atoms with Gasteiger partial charge in [0.15, 0.2) is 5.54 Å². The Kier molecular flexibility index (Phi) is 6.09. The molecule has 1 atom stereocenters. The van der Waals surface area contributed by atoms with Gasteiger partial charge in [-0.2, -0.15) is 0 Å². The number of β-lactam (4-membered cyclic amide) rings is 1. The first-order chi connectivity index (χ1) is 15.9. The van der Waals surface area contributed by atoms with Gasteiger partial charge < -0.3 is 14.8 Å². The van der Waals surface area contributed by atoms with Crippen molar-refractivity contribution in [2.45, 2.75) is 31.7 Å². The zero-order valence-electron chi connectivity index (χ0n) is 19.3. The lowest BCUT2D eigenvalue weighted by Crippen LogP contribution is -2.67. The summed E-state index contributed by atoms with van der Waals surface area (Å²) < 4.78 is 10.6. The highest BCUT2D eigenvalue weighted by atomic mass is 16.5. The Morgan fingerprint density at radius 1 is 0.939 bits per heavy atom. The van der Waals surface area contributed by atoms with Gasteiger partial charge in [0.05, 0.1) is 20.6 Å². The summed E-state index contributed by atoms with van der Waals surface area (Å²) in [6, 6.07) is 22.3. The quantitative estimate of drug-likeness (QED) is 0.515. The van der Waals surface area contributed by atoms with Gasteiger partial charge in [0.1, 0.15) is 11.5 Å². The molecule has 0 radical (unpaired) electrons. The average Bonchev–Trinajstić information content (AvgIpc) is 2.82. The standard InChI is InChI=1S/C27H28N2O4/c1-18(2)19-11-13-20(14-12-19)27(26(31)28-21-7-5-9-23(15-21)32-3)17-25(30)29(27)22-8-6-10-24(16-22)33-4/h5-16,18H,17H2,1-4H3,(H,28,31). The van der Waals surface area contributed by atoms with Gasteiger partial charge in [-0.3, -0.25) is 14.5 Å². The maximum atomic E-state index is 13.8. The molecule has 170 valence electrons. The topological polar surface area (TPSA) is 67.9 Å². The SMILES string of the molecule is COc1cccc(NC(=O)C2(c3ccc(C(C)C)cc3)CC(=O)N2c2cccc(OC)c2)c1. The van der Waals surface area contributed by atoms with E-state index in [-0.39, 0.29) is 18.2 Å². The van der Waals surface area contributed by atoms with Gasteiger partial charge in [0, 0.05) is 23.5 Å². The maximum Gasteiger partial charge on any atom is 0.255 e. The lowest BCUT2D eigenvalue weighted by Gasteiger charge is -2.50. The van der Waals surface area contributed by atoms with E-state index in [1.807, 2.05) is 54.6 Å². The number of benzene rings is 3. The molecule has 0 saturated carbocycles. The molecule has 0 spiro atoms. The zero-order valence-corrected chi connectivity index (χ0v) is 19.3. The number of carbonyl (C=O) groups excluding carboxylic acids is 2. The first kappa shape index (κ1) is 22.4. The van der Waals surface area contributed by atoms with E-state index in [0.717, 1.165) is 5.56 Å². The van der Waals surface area contributed by atoms with Gasteiger partial charge >= 0.3 is 0 Å². The molecule has 1 unspecified atom stereocenters. The summed E-state index contributed by atoms with van der Waals surface area (Å²) in [5.74, 6) is 1.20. The molecule has 6 nitrogen and oxygen atoms in total. The number of hydrogen-bond acceptors (Lipinski definition) is 4. The van der Waals surface area contributed by atoms with E-state index in [2.05, 4.69) is 19.2 Å². The average molecular weight is 445 g/mol. The summed E-state index contributed by atoms with van der Waals surface area (Å²) in [7, 11) is 3.15. The van der Waals surface area contributed by atoms with E-state index in [1.54, 1.807) is 37.3 Å². The van der Waals surface area contributed by atoms with Crippen LogP contribution in [0.4, 0.5) is 11.4 Å². The van der Waals surface area contributed by atoms with Crippen LogP contribution >= 0.6 is 0 Å². The van der Waals surface area contributed by atoms with Crippen LogP contribution in [0.5, 0.6) is 11.5 Å². The van der Waals surface area contributed by atoms with Gasteiger partial charge in [0.2, 0.25) is 5.91 Å². The summed E-state index contributed by atoms with van der Waals surface area (Å²) in [5, 5.41) is 3.00. The fourth-order valence-electron chi connectivity index (χ4n) is 4.24. The molecule has 1 aliphatic heterocycles. The number of methoxy groups -OCH3 is 2. The number of anilines is 2. The molecular formula is C27H28N2O4. The highest BCUT2D eigenvalue weighted by molar-refractivity contribution is 6.17. The summed E-state index contributed by atoms with van der Waals surface area (Å²) in [6.45, 7) is 4.24. The van der Waals surface area contributed by atoms with Gasteiger partial charge in [0.25, 0.3) is 5.91 Å². The van der Waals surface area contributed by atoms with Crippen molar-refractivity contribution < 1.29 is 19.1 Å². The molecule has 6 heteroatoms. The van der Waals surface area contributed by atoms with Crippen molar-refractivity contribution in [2.75, 3.05) is 24.4 Å². The van der Waals surface area contributed by atoms with Crippen LogP contribution in [-0.2, 0) is 15.1 Å². The largest absolute Gasteiger partial charge is 0.497 e. The monoisotopic (exact) mass is 444 g/mol. The number of rotatable bonds is 7. The molecule has 2 amide bonds. The van der Waals surface area contributed by atoms with Crippen molar-refractivity contribution in [2.24, 2.45) is 0 Å². The predicted molar refractivity (Wildman–Crippen MR) is 129 cm³/mol. The molecule has 1 fully saturated rings. The maximum absolute atomic E-state index is 13.8. The zero-order chi connectivity index (χ0) is 23.6. The van der Waals surface area contributed by atoms with Crippen molar-refractivity contribution in [3.8, 4) is 11.5 Å². The molecule has 3 aromatic carbocycles. The fourth-order valence-corrected chi connectivity index (χ4v) is 4.24. The van der Waals surface area contributed by atoms with Crippen molar-refractivity contribution in [1.29, 1.82) is 0 Å². The Morgan fingerprint density at radius 3 is 2.18 bits per heavy atom. The lowest BCUT2D eigenvalue weighted by atomic mass is 9.75. The second kappa shape index (κ2) is 8.98. The third-order valence-corrected chi connectivity index (χ3v) is 6.11. The Morgan fingerprint density at radius 2 is 1.58 bits per heavy atom. The minimum absolute atomic E-state index is 0.0705. The summed E-state index contributed by atoms with van der Waals surface area (Å²) in [4.78, 5) is 28.3. The second-order valence-electron chi connectivity index (χ2n) is 8.43. The first-order valence-corrected chi connectivity index (χ1v) is 10.9. The van der Waals surface area contributed by atoms with Crippen LogP contribution in [0.25, 0.3) is 0 Å². The Labute approximate surface area is 194 Å². The molecule has 3 aromatic rings. The minimum Gasteiger partial charge on any atom is -0.497 e. The van der Waals surface area contributed by atoms with E-state index in [1.165, 1.54) is 5.56 Å². The Bertz CT molecular complexity index is 1170. The third kappa shape index (κ3) is 4.04. The van der Waals surface area contributed by atoms with Gasteiger partial charge in [-0.05, 0) is 41.3 Å². The molecule has 1 saturated heterocycles. The molecule has 1 N–H and O–H groups in total. The summed E-state index contributed by atoms with van der Waals surface area (Å²) in [6.07, 6.45) is 0.0705. The van der Waals surface area contributed by atoms with E-state index in [0.29, 0.717) is 28.8 Å². The van der Waals surface area contributed by atoms with Crippen molar-refractivity contribution in [3.63, 3.8) is 0 Å². The minimum atomic E-state index is -1.18. The number of amides is 2. The Hall–Kier alpha value is -3.80. The van der Waals surface area contributed by atoms with Gasteiger partial charge in [-0.1, -0.05) is 50.2 Å². The third-order valence-electron chi connectivity index (χ3n) is 6.11. The van der Waals surface area contributed by atoms with Crippen LogP contribution in [0.2, 0.25) is 0 Å². The summed E-state index contributed by atoms with van der Waals surface area (Å²) in [5.41, 5.74) is 1.96. The molecule has 0 aliphatic carbocycles.